The summed E-state index contributed by atoms with van der Waals surface area (Å²) < 4.78 is 5.17. The van der Waals surface area contributed by atoms with E-state index in [4.69, 9.17) is 4.74 Å². The third kappa shape index (κ3) is 3.55. The Hall–Kier alpha value is -2.80. The summed E-state index contributed by atoms with van der Waals surface area (Å²) in [7, 11) is 1.63. The Morgan fingerprint density at radius 3 is 2.81 bits per heavy atom. The van der Waals surface area contributed by atoms with Crippen LogP contribution in [0.4, 0.5) is 5.69 Å². The largest absolute Gasteiger partial charge is 0.497 e. The summed E-state index contributed by atoms with van der Waals surface area (Å²) in [5.74, 6) is 1.85. The van der Waals surface area contributed by atoms with Gasteiger partial charge < -0.3 is 9.64 Å². The van der Waals surface area contributed by atoms with E-state index >= 15 is 0 Å². The molecular weight excluding hydrogens is 360 g/mol. The predicted molar refractivity (Wildman–Crippen MR) is 106 cm³/mol. The fourth-order valence-corrected chi connectivity index (χ4v) is 3.99. The monoisotopic (exact) mass is 380 g/mol. The molecule has 0 aliphatic carbocycles. The maximum absolute atomic E-state index is 12.8. The van der Waals surface area contributed by atoms with Gasteiger partial charge in [-0.3, -0.25) is 9.89 Å². The van der Waals surface area contributed by atoms with Crippen molar-refractivity contribution in [3.63, 3.8) is 0 Å². The molecule has 0 saturated carbocycles. The molecule has 0 radical (unpaired) electrons. The van der Waals surface area contributed by atoms with Gasteiger partial charge in [0, 0.05) is 17.3 Å². The lowest BCUT2D eigenvalue weighted by Crippen LogP contribution is -2.36. The molecule has 0 saturated heterocycles. The normalized spacial score (nSPS) is 15.6. The fourth-order valence-electron chi connectivity index (χ4n) is 3.33. The van der Waals surface area contributed by atoms with Crippen LogP contribution in [0.5, 0.6) is 5.75 Å². The summed E-state index contributed by atoms with van der Waals surface area (Å²) in [6.45, 7) is 2.08. The highest BCUT2D eigenvalue weighted by Gasteiger charge is 2.30. The molecule has 138 valence electrons. The topological polar surface area (TPSA) is 71.1 Å². The van der Waals surface area contributed by atoms with E-state index in [2.05, 4.69) is 28.2 Å². The second kappa shape index (κ2) is 7.44. The van der Waals surface area contributed by atoms with Gasteiger partial charge in [0.2, 0.25) is 11.1 Å². The number of aromatic amines is 1. The molecule has 0 spiro atoms. The van der Waals surface area contributed by atoms with E-state index in [9.17, 15) is 4.79 Å². The highest BCUT2D eigenvalue weighted by Crippen LogP contribution is 2.32. The van der Waals surface area contributed by atoms with Crippen molar-refractivity contribution in [2.24, 2.45) is 0 Å². The van der Waals surface area contributed by atoms with Crippen LogP contribution in [0.3, 0.4) is 0 Å². The highest BCUT2D eigenvalue weighted by atomic mass is 32.2. The fraction of sp³-hybridized carbons (Fsp3) is 0.250. The van der Waals surface area contributed by atoms with Crippen LogP contribution in [-0.4, -0.2) is 40.0 Å². The first-order valence-corrected chi connectivity index (χ1v) is 9.74. The first kappa shape index (κ1) is 17.6. The molecule has 2 aromatic carbocycles. The molecule has 27 heavy (non-hydrogen) atoms. The van der Waals surface area contributed by atoms with Gasteiger partial charge in [0.05, 0.1) is 12.9 Å². The molecular formula is C20H20N4O2S. The summed E-state index contributed by atoms with van der Waals surface area (Å²) in [5, 5.41) is 7.72. The zero-order valence-electron chi connectivity index (χ0n) is 15.2. The second-order valence-corrected chi connectivity index (χ2v) is 7.37. The molecule has 1 aromatic heterocycles. The van der Waals surface area contributed by atoms with E-state index in [0.29, 0.717) is 16.7 Å². The predicted octanol–water partition coefficient (Wildman–Crippen LogP) is 3.55. The molecule has 4 rings (SSSR count). The van der Waals surface area contributed by atoms with Gasteiger partial charge in [-0.05, 0) is 49.2 Å². The lowest BCUT2D eigenvalue weighted by atomic mass is 10.1. The summed E-state index contributed by atoms with van der Waals surface area (Å²) in [6.07, 6.45) is 0.898. The first-order valence-electron chi connectivity index (χ1n) is 8.75. The minimum Gasteiger partial charge on any atom is -0.497 e. The minimum atomic E-state index is 0.0771. The number of hydrogen-bond acceptors (Lipinski definition) is 5. The van der Waals surface area contributed by atoms with Crippen LogP contribution in [0.2, 0.25) is 0 Å². The number of carbonyl (C=O) groups excluding carboxylic acids is 1. The van der Waals surface area contributed by atoms with Crippen molar-refractivity contribution >= 4 is 23.4 Å². The maximum Gasteiger partial charge on any atom is 0.237 e. The van der Waals surface area contributed by atoms with Gasteiger partial charge in [-0.1, -0.05) is 30.0 Å². The second-order valence-electron chi connectivity index (χ2n) is 6.43. The zero-order valence-corrected chi connectivity index (χ0v) is 16.0. The van der Waals surface area contributed by atoms with Crippen molar-refractivity contribution in [3.8, 4) is 17.1 Å². The van der Waals surface area contributed by atoms with Crippen molar-refractivity contribution in [2.75, 3.05) is 17.8 Å². The number of ether oxygens (including phenoxy) is 1. The summed E-state index contributed by atoms with van der Waals surface area (Å²) >= 11 is 1.35. The van der Waals surface area contributed by atoms with E-state index in [1.807, 2.05) is 47.4 Å². The smallest absolute Gasteiger partial charge is 0.237 e. The van der Waals surface area contributed by atoms with E-state index in [1.54, 1.807) is 7.11 Å². The first-order chi connectivity index (χ1) is 13.2. The quantitative estimate of drug-likeness (QED) is 0.686. The van der Waals surface area contributed by atoms with Crippen molar-refractivity contribution in [1.29, 1.82) is 0 Å². The number of fused-ring (bicyclic) bond motifs is 1. The molecule has 0 bridgehead atoms. The van der Waals surface area contributed by atoms with Crippen molar-refractivity contribution < 1.29 is 9.53 Å². The minimum absolute atomic E-state index is 0.0771. The van der Waals surface area contributed by atoms with Gasteiger partial charge >= 0.3 is 0 Å². The Kier molecular flexibility index (Phi) is 4.85. The number of hydrogen-bond donors (Lipinski definition) is 1. The Morgan fingerprint density at radius 2 is 2.04 bits per heavy atom. The van der Waals surface area contributed by atoms with Crippen molar-refractivity contribution in [2.45, 2.75) is 24.5 Å². The molecule has 6 nitrogen and oxygen atoms in total. The Bertz CT molecular complexity index is 955. The van der Waals surface area contributed by atoms with E-state index in [0.717, 1.165) is 23.4 Å². The van der Waals surface area contributed by atoms with Crippen molar-refractivity contribution in [1.82, 2.24) is 15.2 Å². The molecule has 1 aliphatic rings. The van der Waals surface area contributed by atoms with Crippen LogP contribution in [-0.2, 0) is 11.2 Å². The van der Waals surface area contributed by atoms with E-state index in [-0.39, 0.29) is 11.9 Å². The van der Waals surface area contributed by atoms with Gasteiger partial charge in [-0.25, -0.2) is 4.98 Å². The Labute approximate surface area is 162 Å². The van der Waals surface area contributed by atoms with Crippen LogP contribution in [0, 0.1) is 0 Å². The van der Waals surface area contributed by atoms with Crippen molar-refractivity contribution in [3.05, 3.63) is 54.1 Å². The number of para-hydroxylation sites is 1. The van der Waals surface area contributed by atoms with Gasteiger partial charge in [-0.15, -0.1) is 5.10 Å². The number of carbonyl (C=O) groups is 1. The van der Waals surface area contributed by atoms with Crippen LogP contribution < -0.4 is 9.64 Å². The molecule has 2 heterocycles. The summed E-state index contributed by atoms with van der Waals surface area (Å²) in [4.78, 5) is 19.1. The average Bonchev–Trinajstić information content (AvgIpc) is 3.30. The molecule has 1 amide bonds. The number of H-pyrrole nitrogens is 1. The maximum atomic E-state index is 12.8. The summed E-state index contributed by atoms with van der Waals surface area (Å²) in [6, 6.07) is 15.9. The molecule has 1 N–H and O–H groups in total. The molecule has 7 heteroatoms. The molecule has 0 unspecified atom stereocenters. The molecule has 3 aromatic rings. The number of nitrogens with one attached hydrogen (secondary N) is 1. The lowest BCUT2D eigenvalue weighted by molar-refractivity contribution is -0.116. The van der Waals surface area contributed by atoms with Crippen LogP contribution in [0.15, 0.2) is 53.7 Å². The number of amides is 1. The number of nitrogens with zero attached hydrogens (tertiary/aromatic N) is 3. The van der Waals surface area contributed by atoms with E-state index < -0.39 is 0 Å². The van der Waals surface area contributed by atoms with Crippen LogP contribution >= 0.6 is 11.8 Å². The number of aromatic nitrogens is 3. The standard InChI is InChI=1S/C20H20N4O2S/c1-13-11-15-5-3-4-6-17(15)24(13)18(25)12-27-20-21-19(22-23-20)14-7-9-16(26-2)10-8-14/h3-10,13H,11-12H2,1-2H3,(H,21,22,23)/t13-/m0/s1. The SMILES string of the molecule is COc1ccc(-c2nc(SCC(=O)N3c4ccccc4C[C@@H]3C)n[nH]2)cc1. The average molecular weight is 380 g/mol. The number of methoxy groups -OCH3 is 1. The van der Waals surface area contributed by atoms with E-state index in [1.165, 1.54) is 17.3 Å². The number of anilines is 1. The van der Waals surface area contributed by atoms with Crippen LogP contribution in [0.1, 0.15) is 12.5 Å². The molecule has 1 atom stereocenters. The third-order valence-corrected chi connectivity index (χ3v) is 5.46. The lowest BCUT2D eigenvalue weighted by Gasteiger charge is -2.22. The van der Waals surface area contributed by atoms with Gasteiger partial charge in [0.25, 0.3) is 0 Å². The Balaban J connectivity index is 1.42. The van der Waals surface area contributed by atoms with Gasteiger partial charge in [-0.2, -0.15) is 0 Å². The molecule has 1 aliphatic heterocycles. The number of thioether (sulfide) groups is 1. The number of rotatable bonds is 5. The zero-order chi connectivity index (χ0) is 18.8. The summed E-state index contributed by atoms with van der Waals surface area (Å²) in [5.41, 5.74) is 3.16. The highest BCUT2D eigenvalue weighted by molar-refractivity contribution is 7.99. The Morgan fingerprint density at radius 1 is 1.26 bits per heavy atom. The van der Waals surface area contributed by atoms with Crippen LogP contribution in [0.25, 0.3) is 11.4 Å². The van der Waals surface area contributed by atoms with Gasteiger partial charge in [0.15, 0.2) is 5.82 Å². The number of benzene rings is 2. The molecule has 0 fully saturated rings. The van der Waals surface area contributed by atoms with Gasteiger partial charge in [0.1, 0.15) is 5.75 Å². The third-order valence-electron chi connectivity index (χ3n) is 4.63.